The normalized spacial score (nSPS) is 15.0. The van der Waals surface area contributed by atoms with E-state index in [4.69, 9.17) is 23.2 Å². The van der Waals surface area contributed by atoms with Gasteiger partial charge in [-0.1, -0.05) is 35.3 Å². The fourth-order valence-electron chi connectivity index (χ4n) is 2.90. The molecule has 1 aliphatic rings. The van der Waals surface area contributed by atoms with Crippen molar-refractivity contribution in [2.75, 3.05) is 38.5 Å². The summed E-state index contributed by atoms with van der Waals surface area (Å²) >= 11 is 12.0. The number of carbonyl (C=O) groups is 2. The van der Waals surface area contributed by atoms with Crippen LogP contribution in [0.15, 0.2) is 42.5 Å². The molecule has 1 heterocycles. The first-order chi connectivity index (χ1) is 12.5. The van der Waals surface area contributed by atoms with Gasteiger partial charge < -0.3 is 15.1 Å². The van der Waals surface area contributed by atoms with Gasteiger partial charge >= 0.3 is 0 Å². The first kappa shape index (κ1) is 18.7. The summed E-state index contributed by atoms with van der Waals surface area (Å²) in [5, 5.41) is 3.52. The number of piperazine rings is 1. The van der Waals surface area contributed by atoms with Crippen LogP contribution in [0.5, 0.6) is 0 Å². The SMILES string of the molecule is C[NH+]1CCN(C(=O)c2ccccc2NC(=O)c2ccc(Cl)cc2Cl)CC1. The molecule has 2 N–H and O–H groups in total. The molecular weight excluding hydrogens is 373 g/mol. The number of para-hydroxylation sites is 1. The maximum Gasteiger partial charge on any atom is 0.257 e. The number of hydrogen-bond donors (Lipinski definition) is 2. The number of nitrogens with zero attached hydrogens (tertiary/aromatic N) is 1. The minimum Gasteiger partial charge on any atom is -0.334 e. The zero-order valence-corrected chi connectivity index (χ0v) is 15.9. The molecule has 0 aromatic heterocycles. The Morgan fingerprint density at radius 1 is 1.04 bits per heavy atom. The average molecular weight is 393 g/mol. The van der Waals surface area contributed by atoms with Gasteiger partial charge in [0.25, 0.3) is 11.8 Å². The van der Waals surface area contributed by atoms with E-state index in [0.29, 0.717) is 34.9 Å². The lowest BCUT2D eigenvalue weighted by Gasteiger charge is -2.30. The van der Waals surface area contributed by atoms with Crippen molar-refractivity contribution < 1.29 is 14.5 Å². The fourth-order valence-corrected chi connectivity index (χ4v) is 3.40. The summed E-state index contributed by atoms with van der Waals surface area (Å²) in [6, 6.07) is 11.7. The molecule has 1 saturated heterocycles. The Hall–Kier alpha value is -2.08. The monoisotopic (exact) mass is 392 g/mol. The van der Waals surface area contributed by atoms with Gasteiger partial charge in [0.05, 0.1) is 55.1 Å². The Bertz CT molecular complexity index is 833. The molecule has 1 fully saturated rings. The van der Waals surface area contributed by atoms with Gasteiger partial charge in [-0.3, -0.25) is 9.59 Å². The summed E-state index contributed by atoms with van der Waals surface area (Å²) in [6.07, 6.45) is 0. The molecule has 2 aromatic rings. The number of amides is 2. The number of hydrogen-bond acceptors (Lipinski definition) is 2. The number of carbonyl (C=O) groups excluding carboxylic acids is 2. The molecule has 5 nitrogen and oxygen atoms in total. The standard InChI is InChI=1S/C19H19Cl2N3O2/c1-23-8-10-24(11-9-23)19(26)15-4-2-3-5-17(15)22-18(25)14-7-6-13(20)12-16(14)21/h2-7,12H,8-11H2,1H3,(H,22,25)/p+1. The highest BCUT2D eigenvalue weighted by molar-refractivity contribution is 6.37. The molecule has 3 rings (SSSR count). The van der Waals surface area contributed by atoms with E-state index in [0.717, 1.165) is 13.1 Å². The van der Waals surface area contributed by atoms with Crippen LogP contribution in [0.1, 0.15) is 20.7 Å². The van der Waals surface area contributed by atoms with Crippen LogP contribution in [0.25, 0.3) is 0 Å². The molecular formula is C19H20Cl2N3O2+. The molecule has 0 spiro atoms. The molecule has 0 aliphatic carbocycles. The number of quaternary nitrogens is 1. The topological polar surface area (TPSA) is 53.9 Å². The number of halogens is 2. The van der Waals surface area contributed by atoms with E-state index in [1.165, 1.54) is 11.0 Å². The molecule has 0 radical (unpaired) electrons. The van der Waals surface area contributed by atoms with E-state index in [1.807, 2.05) is 4.90 Å². The Kier molecular flexibility index (Phi) is 5.81. The van der Waals surface area contributed by atoms with Crippen molar-refractivity contribution in [2.24, 2.45) is 0 Å². The molecule has 1 aliphatic heterocycles. The maximum absolute atomic E-state index is 12.9. The molecule has 2 amide bonds. The number of rotatable bonds is 3. The lowest BCUT2D eigenvalue weighted by Crippen LogP contribution is -3.12. The van der Waals surface area contributed by atoms with Crippen LogP contribution in [0, 0.1) is 0 Å². The quantitative estimate of drug-likeness (QED) is 0.841. The minimum atomic E-state index is -0.380. The summed E-state index contributed by atoms with van der Waals surface area (Å²) < 4.78 is 0. The molecule has 136 valence electrons. The number of anilines is 1. The van der Waals surface area contributed by atoms with Crippen LogP contribution in [0.2, 0.25) is 10.0 Å². The molecule has 26 heavy (non-hydrogen) atoms. The van der Waals surface area contributed by atoms with Gasteiger partial charge in [-0.25, -0.2) is 0 Å². The van der Waals surface area contributed by atoms with Gasteiger partial charge in [-0.05, 0) is 30.3 Å². The van der Waals surface area contributed by atoms with Crippen LogP contribution < -0.4 is 10.2 Å². The van der Waals surface area contributed by atoms with Crippen molar-refractivity contribution in [3.05, 3.63) is 63.6 Å². The summed E-state index contributed by atoms with van der Waals surface area (Å²) in [7, 11) is 2.12. The first-order valence-electron chi connectivity index (χ1n) is 8.41. The smallest absolute Gasteiger partial charge is 0.257 e. The van der Waals surface area contributed by atoms with Gasteiger partial charge in [0, 0.05) is 5.02 Å². The third-order valence-electron chi connectivity index (χ3n) is 4.49. The van der Waals surface area contributed by atoms with Crippen molar-refractivity contribution in [1.29, 1.82) is 0 Å². The van der Waals surface area contributed by atoms with Crippen molar-refractivity contribution in [1.82, 2.24) is 4.90 Å². The van der Waals surface area contributed by atoms with Gasteiger partial charge in [0.1, 0.15) is 0 Å². The van der Waals surface area contributed by atoms with Gasteiger partial charge in [-0.15, -0.1) is 0 Å². The highest BCUT2D eigenvalue weighted by Gasteiger charge is 2.24. The first-order valence-corrected chi connectivity index (χ1v) is 9.17. The molecule has 2 aromatic carbocycles. The molecule has 0 bridgehead atoms. The van der Waals surface area contributed by atoms with Crippen molar-refractivity contribution in [3.63, 3.8) is 0 Å². The predicted molar refractivity (Wildman–Crippen MR) is 103 cm³/mol. The number of nitrogens with one attached hydrogen (secondary N) is 2. The Labute approximate surface area is 162 Å². The van der Waals surface area contributed by atoms with Gasteiger partial charge in [0.2, 0.25) is 0 Å². The Morgan fingerprint density at radius 2 is 1.73 bits per heavy atom. The highest BCUT2D eigenvalue weighted by atomic mass is 35.5. The second-order valence-electron chi connectivity index (χ2n) is 6.37. The van der Waals surface area contributed by atoms with Gasteiger partial charge in [0.15, 0.2) is 0 Å². The van der Waals surface area contributed by atoms with Crippen molar-refractivity contribution in [3.8, 4) is 0 Å². The molecule has 0 atom stereocenters. The largest absolute Gasteiger partial charge is 0.334 e. The maximum atomic E-state index is 12.9. The number of benzene rings is 2. The van der Waals surface area contributed by atoms with Crippen LogP contribution >= 0.6 is 23.2 Å². The number of likely N-dealkylation sites (N-methyl/N-ethyl adjacent to an activating group) is 1. The molecule has 0 unspecified atom stereocenters. The third-order valence-corrected chi connectivity index (χ3v) is 5.03. The second kappa shape index (κ2) is 8.08. The second-order valence-corrected chi connectivity index (χ2v) is 7.22. The van der Waals surface area contributed by atoms with E-state index in [2.05, 4.69) is 12.4 Å². The van der Waals surface area contributed by atoms with E-state index in [9.17, 15) is 9.59 Å². The lowest BCUT2D eigenvalue weighted by atomic mass is 10.1. The third kappa shape index (κ3) is 4.18. The van der Waals surface area contributed by atoms with E-state index in [-0.39, 0.29) is 16.8 Å². The van der Waals surface area contributed by atoms with Crippen LogP contribution in [0.3, 0.4) is 0 Å². The summed E-state index contributed by atoms with van der Waals surface area (Å²) in [6.45, 7) is 3.24. The summed E-state index contributed by atoms with van der Waals surface area (Å²) in [5.41, 5.74) is 1.26. The predicted octanol–water partition coefficient (Wildman–Crippen LogP) is 2.22. The zero-order valence-electron chi connectivity index (χ0n) is 14.4. The lowest BCUT2D eigenvalue weighted by molar-refractivity contribution is -0.883. The highest BCUT2D eigenvalue weighted by Crippen LogP contribution is 2.23. The van der Waals surface area contributed by atoms with E-state index < -0.39 is 0 Å². The molecule has 0 saturated carbocycles. The van der Waals surface area contributed by atoms with Crippen LogP contribution in [0.4, 0.5) is 5.69 Å². The van der Waals surface area contributed by atoms with E-state index in [1.54, 1.807) is 36.4 Å². The zero-order chi connectivity index (χ0) is 18.7. The van der Waals surface area contributed by atoms with E-state index >= 15 is 0 Å². The van der Waals surface area contributed by atoms with Crippen molar-refractivity contribution >= 4 is 40.7 Å². The molecule has 7 heteroatoms. The van der Waals surface area contributed by atoms with Crippen LogP contribution in [-0.4, -0.2) is 49.9 Å². The fraction of sp³-hybridized carbons (Fsp3) is 0.263. The Morgan fingerprint density at radius 3 is 2.42 bits per heavy atom. The Balaban J connectivity index is 1.81. The minimum absolute atomic E-state index is 0.0735. The summed E-state index contributed by atoms with van der Waals surface area (Å²) in [4.78, 5) is 28.7. The van der Waals surface area contributed by atoms with Crippen LogP contribution in [-0.2, 0) is 0 Å². The summed E-state index contributed by atoms with van der Waals surface area (Å²) in [5.74, 6) is -0.453. The average Bonchev–Trinajstić information content (AvgIpc) is 2.62. The van der Waals surface area contributed by atoms with Gasteiger partial charge in [-0.2, -0.15) is 0 Å². The van der Waals surface area contributed by atoms with Crippen molar-refractivity contribution in [2.45, 2.75) is 0 Å².